The van der Waals surface area contributed by atoms with Crippen molar-refractivity contribution in [3.05, 3.63) is 29.0 Å². The third-order valence-electron chi connectivity index (χ3n) is 3.69. The summed E-state index contributed by atoms with van der Waals surface area (Å²) in [6.45, 7) is 2.60. The van der Waals surface area contributed by atoms with Crippen LogP contribution in [0.3, 0.4) is 0 Å². The first kappa shape index (κ1) is 13.8. The number of hydrogen-bond acceptors (Lipinski definition) is 3. The van der Waals surface area contributed by atoms with Crippen molar-refractivity contribution in [2.75, 3.05) is 13.1 Å². The molecule has 0 aromatic carbocycles. The van der Waals surface area contributed by atoms with Gasteiger partial charge < -0.3 is 10.0 Å². The lowest BCUT2D eigenvalue weighted by atomic mass is 9.75. The Hall–Kier alpha value is -1.62. The van der Waals surface area contributed by atoms with Crippen LogP contribution in [0.5, 0.6) is 0 Å². The Balaban J connectivity index is 2.16. The molecule has 1 amide bonds. The van der Waals surface area contributed by atoms with Crippen LogP contribution in [-0.4, -0.2) is 40.0 Å². The van der Waals surface area contributed by atoms with E-state index in [-0.39, 0.29) is 10.9 Å². The molecule has 19 heavy (non-hydrogen) atoms. The molecule has 0 saturated carbocycles. The summed E-state index contributed by atoms with van der Waals surface area (Å²) in [6, 6.07) is 3.33. The van der Waals surface area contributed by atoms with Gasteiger partial charge in [-0.2, -0.15) is 0 Å². The topological polar surface area (TPSA) is 70.5 Å². The summed E-state index contributed by atoms with van der Waals surface area (Å²) in [5.74, 6) is -0.0596. The van der Waals surface area contributed by atoms with Gasteiger partial charge in [-0.1, -0.05) is 18.5 Å². The Morgan fingerprint density at radius 2 is 2.05 bits per heavy atom. The van der Waals surface area contributed by atoms with Crippen LogP contribution in [0.4, 0.5) is 4.79 Å². The van der Waals surface area contributed by atoms with E-state index in [1.54, 1.807) is 12.1 Å². The summed E-state index contributed by atoms with van der Waals surface area (Å²) in [6.07, 6.45) is 1.61. The highest BCUT2D eigenvalue weighted by Crippen LogP contribution is 2.35. The molecule has 2 rings (SSSR count). The van der Waals surface area contributed by atoms with Gasteiger partial charge in [0.2, 0.25) is 0 Å². The first-order valence-electron chi connectivity index (χ1n) is 6.07. The molecular formula is C13H15ClN2O3. The fourth-order valence-corrected chi connectivity index (χ4v) is 2.50. The number of likely N-dealkylation sites (tertiary alicyclic amines) is 1. The van der Waals surface area contributed by atoms with E-state index in [0.29, 0.717) is 31.5 Å². The molecule has 0 bridgehead atoms. The second-order valence-corrected chi connectivity index (χ2v) is 5.36. The van der Waals surface area contributed by atoms with Crippen LogP contribution in [0.2, 0.25) is 5.15 Å². The zero-order valence-corrected chi connectivity index (χ0v) is 11.4. The van der Waals surface area contributed by atoms with Gasteiger partial charge in [0.1, 0.15) is 5.15 Å². The number of carbonyl (C=O) groups is 2. The number of piperidine rings is 1. The van der Waals surface area contributed by atoms with E-state index in [9.17, 15) is 9.59 Å². The van der Waals surface area contributed by atoms with Gasteiger partial charge in [-0.25, -0.2) is 9.78 Å². The molecule has 6 heteroatoms. The normalized spacial score (nSPS) is 18.1. The lowest BCUT2D eigenvalue weighted by molar-refractivity contribution is 0.0631. The Morgan fingerprint density at radius 3 is 2.58 bits per heavy atom. The van der Waals surface area contributed by atoms with E-state index < -0.39 is 11.5 Å². The molecule has 1 fully saturated rings. The number of carbonyl (C=O) groups excluding carboxylic acids is 1. The van der Waals surface area contributed by atoms with Gasteiger partial charge in [0, 0.05) is 24.7 Å². The molecule has 1 aromatic heterocycles. The summed E-state index contributed by atoms with van der Waals surface area (Å²) in [5, 5.41) is 9.12. The molecule has 2 heterocycles. The quantitative estimate of drug-likeness (QED) is 0.669. The second-order valence-electron chi connectivity index (χ2n) is 5.00. The van der Waals surface area contributed by atoms with E-state index in [0.717, 1.165) is 0 Å². The maximum Gasteiger partial charge on any atom is 0.407 e. The summed E-state index contributed by atoms with van der Waals surface area (Å²) < 4.78 is 0. The molecule has 0 unspecified atom stereocenters. The zero-order valence-electron chi connectivity index (χ0n) is 10.6. The van der Waals surface area contributed by atoms with Crippen LogP contribution in [0.15, 0.2) is 18.3 Å². The highest BCUT2D eigenvalue weighted by atomic mass is 35.5. The van der Waals surface area contributed by atoms with Crippen LogP contribution in [0, 0.1) is 5.41 Å². The minimum atomic E-state index is -0.936. The van der Waals surface area contributed by atoms with Crippen molar-refractivity contribution >= 4 is 23.5 Å². The van der Waals surface area contributed by atoms with Crippen molar-refractivity contribution in [1.29, 1.82) is 0 Å². The van der Waals surface area contributed by atoms with E-state index in [2.05, 4.69) is 4.98 Å². The first-order valence-corrected chi connectivity index (χ1v) is 6.45. The smallest absolute Gasteiger partial charge is 0.407 e. The van der Waals surface area contributed by atoms with Gasteiger partial charge in [-0.05, 0) is 25.0 Å². The third-order valence-corrected chi connectivity index (χ3v) is 3.99. The van der Waals surface area contributed by atoms with Crippen LogP contribution in [0.1, 0.15) is 30.1 Å². The van der Waals surface area contributed by atoms with Gasteiger partial charge in [0.25, 0.3) is 0 Å². The summed E-state index contributed by atoms with van der Waals surface area (Å²) in [4.78, 5) is 28.6. The average Bonchev–Trinajstić information content (AvgIpc) is 2.39. The molecule has 1 aromatic rings. The number of rotatable bonds is 2. The molecule has 102 valence electrons. The Bertz CT molecular complexity index is 510. The predicted octanol–water partition coefficient (Wildman–Crippen LogP) is 2.70. The number of amides is 1. The highest BCUT2D eigenvalue weighted by molar-refractivity contribution is 6.33. The molecule has 0 spiro atoms. The largest absolute Gasteiger partial charge is 0.465 e. The highest BCUT2D eigenvalue weighted by Gasteiger charge is 2.39. The van der Waals surface area contributed by atoms with Gasteiger partial charge in [-0.15, -0.1) is 0 Å². The summed E-state index contributed by atoms with van der Waals surface area (Å²) >= 11 is 5.94. The van der Waals surface area contributed by atoms with E-state index in [1.165, 1.54) is 11.1 Å². The number of ketones is 1. The van der Waals surface area contributed by atoms with Crippen LogP contribution < -0.4 is 0 Å². The molecule has 5 nitrogen and oxygen atoms in total. The van der Waals surface area contributed by atoms with Crippen LogP contribution in [-0.2, 0) is 0 Å². The lowest BCUT2D eigenvalue weighted by Gasteiger charge is -2.37. The van der Waals surface area contributed by atoms with Crippen molar-refractivity contribution in [2.45, 2.75) is 19.8 Å². The molecule has 0 radical (unpaired) electrons. The minimum Gasteiger partial charge on any atom is -0.465 e. The number of Topliss-reactive ketones (excluding diaryl/α,β-unsaturated/α-hetero) is 1. The monoisotopic (exact) mass is 282 g/mol. The lowest BCUT2D eigenvalue weighted by Crippen LogP contribution is -2.44. The number of hydrogen-bond donors (Lipinski definition) is 1. The molecule has 1 saturated heterocycles. The van der Waals surface area contributed by atoms with Gasteiger partial charge >= 0.3 is 6.09 Å². The van der Waals surface area contributed by atoms with Gasteiger partial charge in [0.15, 0.2) is 5.78 Å². The maximum absolute atomic E-state index is 12.5. The third kappa shape index (κ3) is 2.71. The Kier molecular flexibility index (Phi) is 3.75. The fraction of sp³-hybridized carbons (Fsp3) is 0.462. The number of aromatic nitrogens is 1. The van der Waals surface area contributed by atoms with Crippen molar-refractivity contribution in [2.24, 2.45) is 5.41 Å². The molecule has 1 aliphatic heterocycles. The zero-order chi connectivity index (χ0) is 14.0. The molecule has 0 atom stereocenters. The van der Waals surface area contributed by atoms with E-state index in [4.69, 9.17) is 16.7 Å². The number of nitrogens with zero attached hydrogens (tertiary/aromatic N) is 2. The molecule has 1 aliphatic rings. The first-order chi connectivity index (χ1) is 8.94. The van der Waals surface area contributed by atoms with Gasteiger partial charge in [-0.3, -0.25) is 4.79 Å². The Morgan fingerprint density at radius 1 is 1.42 bits per heavy atom. The molecule has 0 aliphatic carbocycles. The van der Waals surface area contributed by atoms with E-state index in [1.807, 2.05) is 6.92 Å². The molecular weight excluding hydrogens is 268 g/mol. The standard InChI is InChI=1S/C13H15ClN2O3/c1-13(4-7-16(8-5-13)12(18)19)10(17)9-3-2-6-15-11(9)14/h2-3,6H,4-5,7-8H2,1H3,(H,18,19). The number of pyridine rings is 1. The molecule has 1 N–H and O–H groups in total. The Labute approximate surface area is 116 Å². The second kappa shape index (κ2) is 5.17. The van der Waals surface area contributed by atoms with E-state index >= 15 is 0 Å². The summed E-state index contributed by atoms with van der Waals surface area (Å²) in [7, 11) is 0. The minimum absolute atomic E-state index is 0.0596. The van der Waals surface area contributed by atoms with Crippen molar-refractivity contribution in [3.63, 3.8) is 0 Å². The fourth-order valence-electron chi connectivity index (χ4n) is 2.30. The average molecular weight is 283 g/mol. The van der Waals surface area contributed by atoms with Crippen LogP contribution in [0.25, 0.3) is 0 Å². The predicted molar refractivity (Wildman–Crippen MR) is 70.5 cm³/mol. The van der Waals surface area contributed by atoms with Gasteiger partial charge in [0.05, 0.1) is 5.56 Å². The number of carboxylic acid groups (broad SMARTS) is 1. The number of halogens is 1. The maximum atomic E-state index is 12.5. The van der Waals surface area contributed by atoms with Crippen molar-refractivity contribution in [1.82, 2.24) is 9.88 Å². The van der Waals surface area contributed by atoms with Crippen LogP contribution >= 0.6 is 11.6 Å². The SMILES string of the molecule is CC1(C(=O)c2cccnc2Cl)CCN(C(=O)O)CC1. The summed E-state index contributed by atoms with van der Waals surface area (Å²) in [5.41, 5.74) is -0.158. The van der Waals surface area contributed by atoms with Crippen molar-refractivity contribution in [3.8, 4) is 0 Å². The van der Waals surface area contributed by atoms with Crippen molar-refractivity contribution < 1.29 is 14.7 Å².